The molecule has 0 bridgehead atoms. The summed E-state index contributed by atoms with van der Waals surface area (Å²) in [6.07, 6.45) is 4.50. The molecule has 4 rings (SSSR count). The van der Waals surface area contributed by atoms with Gasteiger partial charge in [0.15, 0.2) is 0 Å². The maximum absolute atomic E-state index is 13.2. The average molecular weight is 339 g/mol. The lowest BCUT2D eigenvalue weighted by Gasteiger charge is -2.30. The van der Waals surface area contributed by atoms with Gasteiger partial charge in [-0.3, -0.25) is 4.79 Å². The molecule has 0 aliphatic carbocycles. The number of imidazole rings is 1. The van der Waals surface area contributed by atoms with Gasteiger partial charge in [-0.15, -0.1) is 0 Å². The first-order valence-corrected chi connectivity index (χ1v) is 9.30. The summed E-state index contributed by atoms with van der Waals surface area (Å²) in [7, 11) is 0. The van der Waals surface area contributed by atoms with Crippen LogP contribution >= 0.6 is 0 Å². The highest BCUT2D eigenvalue weighted by Gasteiger charge is 2.29. The number of nitrogens with zero attached hydrogens (tertiary/aromatic N) is 3. The number of morpholine rings is 1. The largest absolute Gasteiger partial charge is 0.375 e. The molecule has 1 amide bonds. The molecule has 2 aliphatic rings. The molecule has 1 aromatic carbocycles. The van der Waals surface area contributed by atoms with Gasteiger partial charge in [0.25, 0.3) is 5.91 Å². The average Bonchev–Trinajstić information content (AvgIpc) is 2.83. The number of ether oxygens (including phenoxy) is 1. The Hall–Kier alpha value is -2.14. The van der Waals surface area contributed by atoms with E-state index in [0.717, 1.165) is 42.9 Å². The van der Waals surface area contributed by atoms with Gasteiger partial charge in [-0.05, 0) is 26.2 Å². The van der Waals surface area contributed by atoms with E-state index in [-0.39, 0.29) is 12.0 Å². The van der Waals surface area contributed by atoms with Gasteiger partial charge in [-0.25, -0.2) is 4.98 Å². The number of carbonyl (C=O) groups is 1. The molecule has 1 saturated heterocycles. The highest BCUT2D eigenvalue weighted by molar-refractivity contribution is 5.94. The van der Waals surface area contributed by atoms with Crippen LogP contribution in [0.2, 0.25) is 0 Å². The van der Waals surface area contributed by atoms with Crippen molar-refractivity contribution in [2.75, 3.05) is 19.7 Å². The van der Waals surface area contributed by atoms with E-state index in [1.54, 1.807) is 0 Å². The van der Waals surface area contributed by atoms with Gasteiger partial charge in [-0.1, -0.05) is 36.8 Å². The van der Waals surface area contributed by atoms with E-state index in [4.69, 9.17) is 9.72 Å². The van der Waals surface area contributed by atoms with Gasteiger partial charge in [-0.2, -0.15) is 0 Å². The van der Waals surface area contributed by atoms with Crippen LogP contribution in [0, 0.1) is 0 Å². The van der Waals surface area contributed by atoms with E-state index in [1.165, 1.54) is 6.42 Å². The fourth-order valence-corrected chi connectivity index (χ4v) is 3.85. The number of hydrogen-bond donors (Lipinski definition) is 0. The molecule has 0 saturated carbocycles. The molecule has 5 heteroatoms. The lowest BCUT2D eigenvalue weighted by molar-refractivity contribution is -0.0126. The number of carbonyl (C=O) groups excluding carboxylic acids is 1. The second-order valence-electron chi connectivity index (χ2n) is 6.99. The predicted octanol–water partition coefficient (Wildman–Crippen LogP) is 3.14. The SMILES string of the molecule is C[C@@H]1CN(C(=O)c2nc(-c3ccccc3)n3c2CCCCC3)CCO1. The molecule has 1 aromatic heterocycles. The summed E-state index contributed by atoms with van der Waals surface area (Å²) in [5.41, 5.74) is 2.84. The number of amides is 1. The monoisotopic (exact) mass is 339 g/mol. The van der Waals surface area contributed by atoms with Crippen molar-refractivity contribution >= 4 is 5.91 Å². The number of rotatable bonds is 2. The summed E-state index contributed by atoms with van der Waals surface area (Å²) in [4.78, 5) is 19.9. The van der Waals surface area contributed by atoms with Crippen LogP contribution in [-0.4, -0.2) is 46.2 Å². The lowest BCUT2D eigenvalue weighted by Crippen LogP contribution is -2.44. The molecular weight excluding hydrogens is 314 g/mol. The third-order valence-electron chi connectivity index (χ3n) is 5.13. The number of hydrogen-bond acceptors (Lipinski definition) is 3. The highest BCUT2D eigenvalue weighted by atomic mass is 16.5. The molecule has 5 nitrogen and oxygen atoms in total. The maximum atomic E-state index is 13.2. The Morgan fingerprint density at radius 3 is 2.80 bits per heavy atom. The Labute approximate surface area is 148 Å². The summed E-state index contributed by atoms with van der Waals surface area (Å²) in [5, 5.41) is 0. The standard InChI is InChI=1S/C20H25N3O2/c1-15-14-22(12-13-25-15)20(24)18-17-10-6-3-7-11-23(17)19(21-18)16-8-4-2-5-9-16/h2,4-5,8-9,15H,3,6-7,10-14H2,1H3/t15-/m1/s1. The van der Waals surface area contributed by atoms with Crippen LogP contribution in [0.4, 0.5) is 0 Å². The smallest absolute Gasteiger partial charge is 0.274 e. The molecule has 1 atom stereocenters. The second-order valence-corrected chi connectivity index (χ2v) is 6.99. The minimum absolute atomic E-state index is 0.0583. The molecule has 1 fully saturated rings. The van der Waals surface area contributed by atoms with Crippen molar-refractivity contribution in [3.8, 4) is 11.4 Å². The van der Waals surface area contributed by atoms with Gasteiger partial charge < -0.3 is 14.2 Å². The first-order valence-electron chi connectivity index (χ1n) is 9.30. The van der Waals surface area contributed by atoms with Crippen molar-refractivity contribution in [1.82, 2.24) is 14.5 Å². The normalized spacial score (nSPS) is 20.8. The second kappa shape index (κ2) is 7.00. The molecule has 0 radical (unpaired) electrons. The van der Waals surface area contributed by atoms with Crippen molar-refractivity contribution in [1.29, 1.82) is 0 Å². The van der Waals surface area contributed by atoms with Crippen LogP contribution in [-0.2, 0) is 17.7 Å². The van der Waals surface area contributed by atoms with Crippen molar-refractivity contribution in [3.63, 3.8) is 0 Å². The van der Waals surface area contributed by atoms with Crippen LogP contribution in [0.15, 0.2) is 30.3 Å². The molecule has 0 spiro atoms. The van der Waals surface area contributed by atoms with Gasteiger partial charge in [0, 0.05) is 25.2 Å². The van der Waals surface area contributed by atoms with Gasteiger partial charge in [0.1, 0.15) is 11.5 Å². The Bertz CT molecular complexity index is 754. The van der Waals surface area contributed by atoms with Crippen molar-refractivity contribution in [2.45, 2.75) is 45.3 Å². The minimum Gasteiger partial charge on any atom is -0.375 e. The quantitative estimate of drug-likeness (QED) is 0.844. The fourth-order valence-electron chi connectivity index (χ4n) is 3.85. The Morgan fingerprint density at radius 2 is 2.00 bits per heavy atom. The summed E-state index contributed by atoms with van der Waals surface area (Å²) in [6, 6.07) is 10.2. The van der Waals surface area contributed by atoms with Crippen LogP contribution in [0.3, 0.4) is 0 Å². The van der Waals surface area contributed by atoms with Gasteiger partial charge >= 0.3 is 0 Å². The number of benzene rings is 1. The van der Waals surface area contributed by atoms with Gasteiger partial charge in [0.2, 0.25) is 0 Å². The number of aromatic nitrogens is 2. The number of fused-ring (bicyclic) bond motifs is 1. The van der Waals surface area contributed by atoms with Crippen LogP contribution in [0.5, 0.6) is 0 Å². The van der Waals surface area contributed by atoms with Crippen LogP contribution < -0.4 is 0 Å². The predicted molar refractivity (Wildman–Crippen MR) is 96.5 cm³/mol. The van der Waals surface area contributed by atoms with Crippen molar-refractivity contribution in [2.24, 2.45) is 0 Å². The summed E-state index contributed by atoms with van der Waals surface area (Å²) < 4.78 is 7.86. The van der Waals surface area contributed by atoms with E-state index >= 15 is 0 Å². The molecule has 2 aliphatic heterocycles. The van der Waals surface area contributed by atoms with E-state index in [1.807, 2.05) is 30.0 Å². The zero-order chi connectivity index (χ0) is 17.2. The molecule has 132 valence electrons. The Kier molecular flexibility index (Phi) is 4.57. The summed E-state index contributed by atoms with van der Waals surface area (Å²) in [6.45, 7) is 4.86. The maximum Gasteiger partial charge on any atom is 0.274 e. The Balaban J connectivity index is 1.74. The van der Waals surface area contributed by atoms with E-state index < -0.39 is 0 Å². The van der Waals surface area contributed by atoms with E-state index in [0.29, 0.717) is 25.4 Å². The van der Waals surface area contributed by atoms with Crippen LogP contribution in [0.25, 0.3) is 11.4 Å². The third-order valence-corrected chi connectivity index (χ3v) is 5.13. The molecular formula is C20H25N3O2. The molecule has 25 heavy (non-hydrogen) atoms. The highest BCUT2D eigenvalue weighted by Crippen LogP contribution is 2.28. The first kappa shape index (κ1) is 16.3. The minimum atomic E-state index is 0.0583. The molecule has 0 N–H and O–H groups in total. The first-order chi connectivity index (χ1) is 12.2. The van der Waals surface area contributed by atoms with Crippen LogP contribution in [0.1, 0.15) is 42.4 Å². The summed E-state index contributed by atoms with van der Waals surface area (Å²) in [5.74, 6) is 0.991. The summed E-state index contributed by atoms with van der Waals surface area (Å²) >= 11 is 0. The fraction of sp³-hybridized carbons (Fsp3) is 0.500. The third kappa shape index (κ3) is 3.21. The van der Waals surface area contributed by atoms with Crippen molar-refractivity contribution < 1.29 is 9.53 Å². The van der Waals surface area contributed by atoms with E-state index in [2.05, 4.69) is 16.7 Å². The molecule has 3 heterocycles. The molecule has 2 aromatic rings. The zero-order valence-corrected chi connectivity index (χ0v) is 14.8. The van der Waals surface area contributed by atoms with E-state index in [9.17, 15) is 4.79 Å². The molecule has 0 unspecified atom stereocenters. The Morgan fingerprint density at radius 1 is 1.16 bits per heavy atom. The van der Waals surface area contributed by atoms with Gasteiger partial charge in [0.05, 0.1) is 18.4 Å². The van der Waals surface area contributed by atoms with Crippen molar-refractivity contribution in [3.05, 3.63) is 41.7 Å². The lowest BCUT2D eigenvalue weighted by atomic mass is 10.1. The topological polar surface area (TPSA) is 47.4 Å². The zero-order valence-electron chi connectivity index (χ0n) is 14.8.